The van der Waals surface area contributed by atoms with Crippen molar-refractivity contribution in [3.63, 3.8) is 0 Å². The molecule has 1 aromatic heterocycles. The highest BCUT2D eigenvalue weighted by atomic mass is 35.5. The molecule has 7 heteroatoms. The molecule has 1 aromatic rings. The number of hydrogen-bond donors (Lipinski definition) is 2. The first-order valence-corrected chi connectivity index (χ1v) is 6.85. The van der Waals surface area contributed by atoms with Crippen molar-refractivity contribution in [3.8, 4) is 0 Å². The Balaban J connectivity index is 2.38. The Morgan fingerprint density at radius 3 is 2.62 bits per heavy atom. The Kier molecular flexibility index (Phi) is 6.25. The Labute approximate surface area is 105 Å². The third-order valence-corrected chi connectivity index (χ3v) is 2.76. The average molecular weight is 262 g/mol. The van der Waals surface area contributed by atoms with E-state index in [0.717, 1.165) is 13.0 Å². The van der Waals surface area contributed by atoms with E-state index in [-0.39, 0.29) is 5.28 Å². The fraction of sp³-hybridized carbons (Fsp3) is 0.667. The lowest BCUT2D eigenvalue weighted by Crippen LogP contribution is -2.08. The number of halogens is 1. The molecule has 0 aliphatic rings. The molecule has 16 heavy (non-hydrogen) atoms. The summed E-state index contributed by atoms with van der Waals surface area (Å²) in [5, 5.41) is 6.15. The van der Waals surface area contributed by atoms with Crippen LogP contribution >= 0.6 is 23.4 Å². The van der Waals surface area contributed by atoms with Crippen molar-refractivity contribution in [1.29, 1.82) is 0 Å². The molecule has 0 saturated heterocycles. The van der Waals surface area contributed by atoms with Crippen LogP contribution in [-0.2, 0) is 0 Å². The van der Waals surface area contributed by atoms with Crippen LogP contribution in [0.4, 0.5) is 11.9 Å². The number of rotatable bonds is 7. The molecule has 0 amide bonds. The monoisotopic (exact) mass is 261 g/mol. The molecule has 0 bridgehead atoms. The highest BCUT2D eigenvalue weighted by molar-refractivity contribution is 7.98. The lowest BCUT2D eigenvalue weighted by molar-refractivity contribution is 0.832. The van der Waals surface area contributed by atoms with Crippen LogP contribution in [0.15, 0.2) is 0 Å². The minimum Gasteiger partial charge on any atom is -0.357 e. The first-order valence-electron chi connectivity index (χ1n) is 5.08. The van der Waals surface area contributed by atoms with Crippen molar-refractivity contribution in [2.24, 2.45) is 0 Å². The zero-order chi connectivity index (χ0) is 11.8. The van der Waals surface area contributed by atoms with Crippen molar-refractivity contribution in [2.45, 2.75) is 12.8 Å². The number of anilines is 2. The summed E-state index contributed by atoms with van der Waals surface area (Å²) in [5.41, 5.74) is 0. The first-order chi connectivity index (χ1) is 7.76. The highest BCUT2D eigenvalue weighted by Gasteiger charge is 2.02. The van der Waals surface area contributed by atoms with E-state index in [1.807, 2.05) is 11.8 Å². The van der Waals surface area contributed by atoms with Gasteiger partial charge in [0, 0.05) is 13.6 Å². The number of hydrogen-bond acceptors (Lipinski definition) is 6. The Morgan fingerprint density at radius 2 is 1.94 bits per heavy atom. The van der Waals surface area contributed by atoms with Crippen LogP contribution in [0.5, 0.6) is 0 Å². The predicted molar refractivity (Wildman–Crippen MR) is 70.5 cm³/mol. The number of thioether (sulfide) groups is 1. The Hall–Kier alpha value is -0.750. The standard InChI is InChI=1S/C9H16ClN5S/c1-11-8-13-7(10)14-9(15-8)12-5-3-4-6-16-2/h3-6H2,1-2H3,(H2,11,12,13,14,15). The number of nitrogens with zero attached hydrogens (tertiary/aromatic N) is 3. The van der Waals surface area contributed by atoms with Gasteiger partial charge in [0.2, 0.25) is 17.2 Å². The summed E-state index contributed by atoms with van der Waals surface area (Å²) in [6.07, 6.45) is 4.39. The number of unbranched alkanes of at least 4 members (excludes halogenated alkanes) is 1. The Bertz CT molecular complexity index is 323. The zero-order valence-corrected chi connectivity index (χ0v) is 11.0. The minimum atomic E-state index is 0.200. The number of nitrogens with one attached hydrogen (secondary N) is 2. The van der Waals surface area contributed by atoms with Crippen LogP contribution in [0.3, 0.4) is 0 Å². The third kappa shape index (κ3) is 4.85. The van der Waals surface area contributed by atoms with Gasteiger partial charge >= 0.3 is 0 Å². The zero-order valence-electron chi connectivity index (χ0n) is 9.46. The summed E-state index contributed by atoms with van der Waals surface area (Å²) in [5.74, 6) is 2.18. The molecule has 0 unspecified atom stereocenters. The molecule has 1 heterocycles. The van der Waals surface area contributed by atoms with E-state index >= 15 is 0 Å². The smallest absolute Gasteiger partial charge is 0.228 e. The molecule has 0 spiro atoms. The van der Waals surface area contributed by atoms with Gasteiger partial charge in [0.1, 0.15) is 0 Å². The van der Waals surface area contributed by atoms with Gasteiger partial charge in [0.15, 0.2) is 0 Å². The van der Waals surface area contributed by atoms with Gasteiger partial charge in [-0.05, 0) is 36.5 Å². The van der Waals surface area contributed by atoms with Gasteiger partial charge in [0.05, 0.1) is 0 Å². The van der Waals surface area contributed by atoms with Crippen molar-refractivity contribution >= 4 is 35.3 Å². The summed E-state index contributed by atoms with van der Waals surface area (Å²) in [6.45, 7) is 0.851. The van der Waals surface area contributed by atoms with Gasteiger partial charge in [-0.1, -0.05) is 0 Å². The maximum Gasteiger partial charge on any atom is 0.228 e. The van der Waals surface area contributed by atoms with Gasteiger partial charge in [-0.25, -0.2) is 0 Å². The number of aromatic nitrogens is 3. The van der Waals surface area contributed by atoms with Crippen LogP contribution in [0.2, 0.25) is 5.28 Å². The molecule has 2 N–H and O–H groups in total. The van der Waals surface area contributed by atoms with Crippen LogP contribution in [-0.4, -0.2) is 40.6 Å². The van der Waals surface area contributed by atoms with Crippen molar-refractivity contribution in [3.05, 3.63) is 5.28 Å². The molecule has 0 aliphatic heterocycles. The molecule has 0 saturated carbocycles. The van der Waals surface area contributed by atoms with Crippen LogP contribution < -0.4 is 10.6 Å². The molecule has 0 radical (unpaired) electrons. The summed E-state index contributed by atoms with van der Waals surface area (Å²) in [4.78, 5) is 12.0. The third-order valence-electron chi connectivity index (χ3n) is 1.89. The maximum atomic E-state index is 5.75. The van der Waals surface area contributed by atoms with Crippen LogP contribution in [0, 0.1) is 0 Å². The van der Waals surface area contributed by atoms with E-state index in [1.54, 1.807) is 7.05 Å². The first kappa shape index (κ1) is 13.3. The molecule has 90 valence electrons. The fourth-order valence-electron chi connectivity index (χ4n) is 1.11. The molecule has 0 fully saturated rings. The van der Waals surface area contributed by atoms with E-state index in [1.165, 1.54) is 12.2 Å². The van der Waals surface area contributed by atoms with Gasteiger partial charge in [-0.3, -0.25) is 0 Å². The molecule has 5 nitrogen and oxygen atoms in total. The van der Waals surface area contributed by atoms with Gasteiger partial charge in [0.25, 0.3) is 0 Å². The SMILES string of the molecule is CNc1nc(Cl)nc(NCCCCSC)n1. The maximum absolute atomic E-state index is 5.75. The minimum absolute atomic E-state index is 0.200. The van der Waals surface area contributed by atoms with Gasteiger partial charge < -0.3 is 10.6 Å². The molecule has 0 atom stereocenters. The summed E-state index contributed by atoms with van der Waals surface area (Å²) < 4.78 is 0. The lowest BCUT2D eigenvalue weighted by atomic mass is 10.3. The molecular weight excluding hydrogens is 246 g/mol. The van der Waals surface area contributed by atoms with E-state index in [0.29, 0.717) is 11.9 Å². The quantitative estimate of drug-likeness (QED) is 0.733. The largest absolute Gasteiger partial charge is 0.357 e. The second-order valence-electron chi connectivity index (χ2n) is 3.13. The van der Waals surface area contributed by atoms with Crippen LogP contribution in [0.1, 0.15) is 12.8 Å². The highest BCUT2D eigenvalue weighted by Crippen LogP contribution is 2.09. The molecular formula is C9H16ClN5S. The summed E-state index contributed by atoms with van der Waals surface area (Å²) >= 11 is 7.60. The van der Waals surface area contributed by atoms with Crippen molar-refractivity contribution in [2.75, 3.05) is 36.2 Å². The summed E-state index contributed by atoms with van der Waals surface area (Å²) in [6, 6.07) is 0. The molecule has 0 aromatic carbocycles. The fourth-order valence-corrected chi connectivity index (χ4v) is 1.77. The van der Waals surface area contributed by atoms with Gasteiger partial charge in [-0.15, -0.1) is 0 Å². The van der Waals surface area contributed by atoms with E-state index in [2.05, 4.69) is 31.8 Å². The predicted octanol–water partition coefficient (Wildman–Crippen LogP) is 2.12. The van der Waals surface area contributed by atoms with Crippen molar-refractivity contribution < 1.29 is 0 Å². The van der Waals surface area contributed by atoms with E-state index in [9.17, 15) is 0 Å². The van der Waals surface area contributed by atoms with Crippen LogP contribution in [0.25, 0.3) is 0 Å². The average Bonchev–Trinajstić information content (AvgIpc) is 2.28. The van der Waals surface area contributed by atoms with Gasteiger partial charge in [-0.2, -0.15) is 26.7 Å². The Morgan fingerprint density at radius 1 is 1.19 bits per heavy atom. The summed E-state index contributed by atoms with van der Waals surface area (Å²) in [7, 11) is 1.74. The second kappa shape index (κ2) is 7.51. The molecule has 1 rings (SSSR count). The second-order valence-corrected chi connectivity index (χ2v) is 4.45. The van der Waals surface area contributed by atoms with E-state index < -0.39 is 0 Å². The lowest BCUT2D eigenvalue weighted by Gasteiger charge is -2.05. The normalized spacial score (nSPS) is 10.2. The topological polar surface area (TPSA) is 62.7 Å². The van der Waals surface area contributed by atoms with Crippen molar-refractivity contribution in [1.82, 2.24) is 15.0 Å². The molecule has 0 aliphatic carbocycles. The van der Waals surface area contributed by atoms with E-state index in [4.69, 9.17) is 11.6 Å².